The fourth-order valence-corrected chi connectivity index (χ4v) is 5.74. The largest absolute Gasteiger partial charge is 0.471 e. The minimum Gasteiger partial charge on any atom is -0.392 e. The number of amides is 2. The Balaban J connectivity index is 0.000000188. The van der Waals surface area contributed by atoms with Gasteiger partial charge in [0.15, 0.2) is 0 Å². The van der Waals surface area contributed by atoms with Crippen molar-refractivity contribution in [2.75, 3.05) is 10.6 Å². The second-order valence-electron chi connectivity index (χ2n) is 10.9. The summed E-state index contributed by atoms with van der Waals surface area (Å²) >= 11 is 0. The van der Waals surface area contributed by atoms with Crippen LogP contribution in [0.25, 0.3) is 43.6 Å². The van der Waals surface area contributed by atoms with Gasteiger partial charge in [0.1, 0.15) is 0 Å². The minimum atomic E-state index is -4.93. The Labute approximate surface area is 269 Å². The summed E-state index contributed by atoms with van der Waals surface area (Å²) in [6, 6.07) is 20.3. The third-order valence-corrected chi connectivity index (χ3v) is 7.89. The van der Waals surface area contributed by atoms with Crippen molar-refractivity contribution in [2.45, 2.75) is 52.5 Å². The quantitative estimate of drug-likeness (QED) is 0.137. The van der Waals surface area contributed by atoms with Gasteiger partial charge in [-0.2, -0.15) is 26.3 Å². The first-order chi connectivity index (χ1) is 22.7. The topological polar surface area (TPSA) is 109 Å². The molecule has 2 heterocycles. The van der Waals surface area contributed by atoms with E-state index in [4.69, 9.17) is 0 Å². The number of carbonyl (C=O) groups excluding carboxylic acids is 2. The summed E-state index contributed by atoms with van der Waals surface area (Å²) < 4.78 is 78.5. The highest BCUT2D eigenvalue weighted by Crippen LogP contribution is 2.34. The van der Waals surface area contributed by atoms with Gasteiger partial charge in [0, 0.05) is 68.1 Å². The Kier molecular flexibility index (Phi) is 9.42. The number of halogens is 6. The summed E-state index contributed by atoms with van der Waals surface area (Å²) in [6.07, 6.45) is -9.87. The highest BCUT2D eigenvalue weighted by Gasteiger charge is 2.39. The molecule has 14 heteroatoms. The fourth-order valence-electron chi connectivity index (χ4n) is 5.74. The van der Waals surface area contributed by atoms with Crippen molar-refractivity contribution in [3.8, 4) is 0 Å². The van der Waals surface area contributed by atoms with E-state index >= 15 is 0 Å². The zero-order valence-electron chi connectivity index (χ0n) is 25.6. The Morgan fingerprint density at radius 1 is 0.562 bits per heavy atom. The lowest BCUT2D eigenvalue weighted by atomic mass is 10.1. The summed E-state index contributed by atoms with van der Waals surface area (Å²) in [4.78, 5) is 22.2. The Hall–Kier alpha value is -5.08. The Bertz CT molecular complexity index is 2010. The van der Waals surface area contributed by atoms with Crippen LogP contribution in [0.15, 0.2) is 72.8 Å². The van der Waals surface area contributed by atoms with Crippen molar-refractivity contribution >= 4 is 66.8 Å². The summed E-state index contributed by atoms with van der Waals surface area (Å²) in [6.45, 7) is 5.06. The maximum absolute atomic E-state index is 12.4. The highest BCUT2D eigenvalue weighted by atomic mass is 19.4. The van der Waals surface area contributed by atoms with Gasteiger partial charge in [-0.25, -0.2) is 0 Å². The zero-order chi connectivity index (χ0) is 35.0. The molecule has 4 N–H and O–H groups in total. The van der Waals surface area contributed by atoms with Gasteiger partial charge in [-0.1, -0.05) is 12.1 Å². The zero-order valence-corrected chi connectivity index (χ0v) is 25.6. The monoisotopic (exact) mass is 672 g/mol. The number of anilines is 2. The van der Waals surface area contributed by atoms with Crippen LogP contribution in [0.1, 0.15) is 25.0 Å². The number of aryl methyl sites for hydroxylation is 2. The van der Waals surface area contributed by atoms with E-state index in [1.165, 1.54) is 24.3 Å². The number of hydrogen-bond acceptors (Lipinski definition) is 4. The SMILES string of the molecule is CCn1c2ccc(CO)cc2c2cc(NC(=O)C(F)(F)F)ccc21.CCn1c2ccc(CO)cc2c2cc(NC(=O)C(F)(F)F)ccc21. The number of nitrogens with one attached hydrogen (secondary N) is 2. The molecule has 6 aromatic rings. The molecular formula is C34H30F6N4O4. The number of aliphatic hydroxyl groups excluding tert-OH is 2. The summed E-state index contributed by atoms with van der Waals surface area (Å²) in [5.41, 5.74) is 5.13. The molecule has 0 unspecified atom stereocenters. The number of fused-ring (bicyclic) bond motifs is 6. The van der Waals surface area contributed by atoms with Gasteiger partial charge in [0.05, 0.1) is 13.2 Å². The van der Waals surface area contributed by atoms with E-state index in [-0.39, 0.29) is 24.6 Å². The molecule has 0 atom stereocenters. The number of nitrogens with zero attached hydrogens (tertiary/aromatic N) is 2. The maximum atomic E-state index is 12.4. The van der Waals surface area contributed by atoms with Crippen molar-refractivity contribution in [3.63, 3.8) is 0 Å². The van der Waals surface area contributed by atoms with Crippen LogP contribution in [-0.2, 0) is 35.9 Å². The van der Waals surface area contributed by atoms with Crippen LogP contribution in [0.4, 0.5) is 37.7 Å². The lowest BCUT2D eigenvalue weighted by Crippen LogP contribution is -2.29. The number of carbonyl (C=O) groups is 2. The number of aromatic nitrogens is 2. The molecule has 0 aliphatic heterocycles. The molecule has 0 fully saturated rings. The van der Waals surface area contributed by atoms with Crippen molar-refractivity contribution in [1.29, 1.82) is 0 Å². The average Bonchev–Trinajstić information content (AvgIpc) is 3.54. The lowest BCUT2D eigenvalue weighted by molar-refractivity contribution is -0.167. The third-order valence-electron chi connectivity index (χ3n) is 7.89. The second-order valence-corrected chi connectivity index (χ2v) is 10.9. The molecular weight excluding hydrogens is 642 g/mol. The van der Waals surface area contributed by atoms with Crippen molar-refractivity contribution < 1.29 is 46.1 Å². The number of hydrogen-bond donors (Lipinski definition) is 4. The molecule has 4 aromatic carbocycles. The molecule has 48 heavy (non-hydrogen) atoms. The normalized spacial score (nSPS) is 12.0. The van der Waals surface area contributed by atoms with Crippen LogP contribution in [-0.4, -0.2) is 43.5 Å². The summed E-state index contributed by atoms with van der Waals surface area (Å²) in [7, 11) is 0. The van der Waals surface area contributed by atoms with Crippen LogP contribution >= 0.6 is 0 Å². The van der Waals surface area contributed by atoms with E-state index in [1.807, 2.05) is 45.7 Å². The predicted octanol–water partition coefficient (Wildman–Crippen LogP) is 7.62. The molecule has 2 aromatic heterocycles. The average molecular weight is 673 g/mol. The predicted molar refractivity (Wildman–Crippen MR) is 171 cm³/mol. The van der Waals surface area contributed by atoms with Crippen molar-refractivity contribution in [3.05, 3.63) is 83.9 Å². The van der Waals surface area contributed by atoms with Gasteiger partial charge in [-0.15, -0.1) is 0 Å². The fraction of sp³-hybridized carbons (Fsp3) is 0.235. The first-order valence-electron chi connectivity index (χ1n) is 14.8. The Morgan fingerprint density at radius 2 is 0.875 bits per heavy atom. The van der Waals surface area contributed by atoms with Crippen LogP contribution < -0.4 is 10.6 Å². The van der Waals surface area contributed by atoms with E-state index in [2.05, 4.69) is 0 Å². The van der Waals surface area contributed by atoms with Gasteiger partial charge in [-0.3, -0.25) is 9.59 Å². The van der Waals surface area contributed by atoms with Gasteiger partial charge in [0.25, 0.3) is 0 Å². The van der Waals surface area contributed by atoms with Crippen molar-refractivity contribution in [1.82, 2.24) is 9.13 Å². The first kappa shape index (κ1) is 34.3. The van der Waals surface area contributed by atoms with Gasteiger partial charge in [-0.05, 0) is 85.6 Å². The molecule has 0 spiro atoms. The summed E-state index contributed by atoms with van der Waals surface area (Å²) in [5, 5.41) is 25.4. The summed E-state index contributed by atoms with van der Waals surface area (Å²) in [5.74, 6) is -4.01. The molecule has 0 aliphatic carbocycles. The molecule has 6 rings (SSSR count). The molecule has 0 saturated carbocycles. The highest BCUT2D eigenvalue weighted by molar-refractivity contribution is 6.11. The molecule has 252 valence electrons. The van der Waals surface area contributed by atoms with Gasteiger partial charge < -0.3 is 30.0 Å². The molecule has 0 saturated heterocycles. The molecule has 0 aliphatic rings. The molecule has 0 bridgehead atoms. The van der Waals surface area contributed by atoms with E-state index in [0.29, 0.717) is 24.2 Å². The molecule has 2 amide bonds. The van der Waals surface area contributed by atoms with Crippen LogP contribution in [0.3, 0.4) is 0 Å². The van der Waals surface area contributed by atoms with Gasteiger partial charge >= 0.3 is 24.2 Å². The number of benzene rings is 4. The Morgan fingerprint density at radius 3 is 1.17 bits per heavy atom. The van der Waals surface area contributed by atoms with E-state index < -0.39 is 24.2 Å². The minimum absolute atomic E-state index is 0.0781. The lowest BCUT2D eigenvalue weighted by Gasteiger charge is -2.08. The molecule has 8 nitrogen and oxygen atoms in total. The van der Waals surface area contributed by atoms with Crippen LogP contribution in [0, 0.1) is 0 Å². The number of rotatable bonds is 6. The van der Waals surface area contributed by atoms with E-state index in [0.717, 1.165) is 43.6 Å². The standard InChI is InChI=1S/2C17H15F3N2O2/c2*1-2-22-14-5-3-10(9-23)7-12(14)13-8-11(4-6-15(13)22)21-16(24)17(18,19)20/h2*3-8,23H,2,9H2,1H3,(H,21,24). The molecule has 0 radical (unpaired) electrons. The maximum Gasteiger partial charge on any atom is 0.471 e. The second kappa shape index (κ2) is 13.2. The van der Waals surface area contributed by atoms with Crippen molar-refractivity contribution in [2.24, 2.45) is 0 Å². The first-order valence-corrected chi connectivity index (χ1v) is 14.8. The van der Waals surface area contributed by atoms with Gasteiger partial charge in [0.2, 0.25) is 0 Å². The third kappa shape index (κ3) is 6.66. The smallest absolute Gasteiger partial charge is 0.392 e. The number of alkyl halides is 6. The van der Waals surface area contributed by atoms with E-state index in [9.17, 15) is 46.1 Å². The van der Waals surface area contributed by atoms with E-state index in [1.54, 1.807) is 36.4 Å². The number of aliphatic hydroxyl groups is 2. The van der Waals surface area contributed by atoms with Crippen LogP contribution in [0.5, 0.6) is 0 Å². The van der Waals surface area contributed by atoms with Crippen LogP contribution in [0.2, 0.25) is 0 Å².